The number of carbonyl (C=O) groups excluding carboxylic acids is 3. The molecule has 0 aromatic rings. The van der Waals surface area contributed by atoms with Crippen LogP contribution in [0.15, 0.2) is 12.8 Å². The van der Waals surface area contributed by atoms with Crippen molar-refractivity contribution in [3.8, 4) is 0 Å². The van der Waals surface area contributed by atoms with E-state index in [2.05, 4.69) is 11.9 Å². The highest BCUT2D eigenvalue weighted by atomic mass is 16.2. The van der Waals surface area contributed by atoms with Gasteiger partial charge in [0.1, 0.15) is 0 Å². The van der Waals surface area contributed by atoms with E-state index in [0.717, 1.165) is 0 Å². The highest BCUT2D eigenvalue weighted by molar-refractivity contribution is 6.20. The number of ketones is 2. The second kappa shape index (κ2) is 3.96. The maximum absolute atomic E-state index is 11.6. The van der Waals surface area contributed by atoms with Gasteiger partial charge in [-0.25, -0.2) is 0 Å². The standard InChI is InChI=1S/C11H15NO3/c1-4-12-10(15)9-7(13)5-11(2,3)6-8(9)14/h4,9H,1,5-6H2,2-3H3,(H,12,15). The van der Waals surface area contributed by atoms with Gasteiger partial charge in [-0.3, -0.25) is 14.4 Å². The Hall–Kier alpha value is -1.45. The van der Waals surface area contributed by atoms with E-state index in [1.807, 2.05) is 13.8 Å². The highest BCUT2D eigenvalue weighted by Gasteiger charge is 2.43. The topological polar surface area (TPSA) is 63.2 Å². The Morgan fingerprint density at radius 1 is 1.40 bits per heavy atom. The molecule has 82 valence electrons. The number of hydrogen-bond donors (Lipinski definition) is 1. The maximum Gasteiger partial charge on any atom is 0.242 e. The zero-order chi connectivity index (χ0) is 11.6. The van der Waals surface area contributed by atoms with Crippen LogP contribution in [0.3, 0.4) is 0 Å². The molecular formula is C11H15NO3. The van der Waals surface area contributed by atoms with Crippen LogP contribution >= 0.6 is 0 Å². The molecule has 0 atom stereocenters. The monoisotopic (exact) mass is 209 g/mol. The van der Waals surface area contributed by atoms with Gasteiger partial charge in [-0.15, -0.1) is 0 Å². The minimum atomic E-state index is -1.13. The van der Waals surface area contributed by atoms with Crippen molar-refractivity contribution in [3.05, 3.63) is 12.8 Å². The van der Waals surface area contributed by atoms with Crippen molar-refractivity contribution in [2.45, 2.75) is 26.7 Å². The molecule has 0 bridgehead atoms. The molecule has 0 saturated heterocycles. The van der Waals surface area contributed by atoms with Gasteiger partial charge in [0.2, 0.25) is 5.91 Å². The molecule has 1 N–H and O–H groups in total. The predicted molar refractivity (Wildman–Crippen MR) is 54.9 cm³/mol. The fourth-order valence-corrected chi connectivity index (χ4v) is 1.87. The first kappa shape index (κ1) is 11.6. The Balaban J connectivity index is 2.84. The summed E-state index contributed by atoms with van der Waals surface area (Å²) >= 11 is 0. The van der Waals surface area contributed by atoms with Crippen molar-refractivity contribution in [1.82, 2.24) is 5.32 Å². The second-order valence-corrected chi connectivity index (χ2v) is 4.60. The summed E-state index contributed by atoms with van der Waals surface area (Å²) in [6, 6.07) is 0. The van der Waals surface area contributed by atoms with Crippen LogP contribution in [-0.2, 0) is 14.4 Å². The average molecular weight is 209 g/mol. The summed E-state index contributed by atoms with van der Waals surface area (Å²) in [7, 11) is 0. The van der Waals surface area contributed by atoms with E-state index in [0.29, 0.717) is 0 Å². The van der Waals surface area contributed by atoms with Crippen LogP contribution in [0.5, 0.6) is 0 Å². The molecule has 1 rings (SSSR count). The van der Waals surface area contributed by atoms with Gasteiger partial charge in [-0.1, -0.05) is 20.4 Å². The molecule has 15 heavy (non-hydrogen) atoms. The quantitative estimate of drug-likeness (QED) is 0.685. The van der Waals surface area contributed by atoms with Crippen molar-refractivity contribution >= 4 is 17.5 Å². The van der Waals surface area contributed by atoms with Gasteiger partial charge >= 0.3 is 0 Å². The second-order valence-electron chi connectivity index (χ2n) is 4.60. The number of amides is 1. The summed E-state index contributed by atoms with van der Waals surface area (Å²) in [5.74, 6) is -2.28. The Morgan fingerprint density at radius 2 is 1.87 bits per heavy atom. The smallest absolute Gasteiger partial charge is 0.242 e. The summed E-state index contributed by atoms with van der Waals surface area (Å²) < 4.78 is 0. The fourth-order valence-electron chi connectivity index (χ4n) is 1.87. The number of nitrogens with one attached hydrogen (secondary N) is 1. The summed E-state index contributed by atoms with van der Waals surface area (Å²) in [5.41, 5.74) is -0.320. The lowest BCUT2D eigenvalue weighted by Gasteiger charge is -2.30. The van der Waals surface area contributed by atoms with Crippen molar-refractivity contribution < 1.29 is 14.4 Å². The third kappa shape index (κ3) is 2.52. The van der Waals surface area contributed by atoms with Crippen LogP contribution in [0.1, 0.15) is 26.7 Å². The van der Waals surface area contributed by atoms with Gasteiger partial charge in [0.25, 0.3) is 0 Å². The van der Waals surface area contributed by atoms with Gasteiger partial charge in [0, 0.05) is 12.8 Å². The average Bonchev–Trinajstić information content (AvgIpc) is 1.99. The van der Waals surface area contributed by atoms with E-state index in [9.17, 15) is 14.4 Å². The molecule has 4 heteroatoms. The van der Waals surface area contributed by atoms with Gasteiger partial charge in [0.15, 0.2) is 17.5 Å². The third-order valence-electron chi connectivity index (χ3n) is 2.46. The van der Waals surface area contributed by atoms with Crippen molar-refractivity contribution in [3.63, 3.8) is 0 Å². The minimum absolute atomic E-state index is 0.272. The van der Waals surface area contributed by atoms with E-state index < -0.39 is 11.8 Å². The summed E-state index contributed by atoms with van der Waals surface area (Å²) in [6.07, 6.45) is 1.73. The van der Waals surface area contributed by atoms with Crippen LogP contribution in [0.2, 0.25) is 0 Å². The molecule has 1 saturated carbocycles. The van der Waals surface area contributed by atoms with E-state index in [-0.39, 0.29) is 29.8 Å². The van der Waals surface area contributed by atoms with Gasteiger partial charge < -0.3 is 5.32 Å². The summed E-state index contributed by atoms with van der Waals surface area (Å²) in [5, 5.41) is 2.29. The molecule has 1 aliphatic carbocycles. The van der Waals surface area contributed by atoms with Crippen molar-refractivity contribution in [2.24, 2.45) is 11.3 Å². The lowest BCUT2D eigenvalue weighted by atomic mass is 9.71. The van der Waals surface area contributed by atoms with Crippen molar-refractivity contribution in [2.75, 3.05) is 0 Å². The van der Waals surface area contributed by atoms with Crippen LogP contribution < -0.4 is 5.32 Å². The zero-order valence-corrected chi connectivity index (χ0v) is 9.00. The Bertz CT molecular complexity index is 311. The zero-order valence-electron chi connectivity index (χ0n) is 9.00. The molecule has 0 heterocycles. The van der Waals surface area contributed by atoms with Crippen LogP contribution in [0.25, 0.3) is 0 Å². The van der Waals surface area contributed by atoms with E-state index in [1.54, 1.807) is 0 Å². The Kier molecular flexibility index (Phi) is 3.07. The molecule has 1 fully saturated rings. The summed E-state index contributed by atoms with van der Waals surface area (Å²) in [4.78, 5) is 34.6. The van der Waals surface area contributed by atoms with E-state index in [1.165, 1.54) is 6.20 Å². The highest BCUT2D eigenvalue weighted by Crippen LogP contribution is 2.33. The number of carbonyl (C=O) groups is 3. The van der Waals surface area contributed by atoms with E-state index in [4.69, 9.17) is 0 Å². The molecular weight excluding hydrogens is 194 g/mol. The largest absolute Gasteiger partial charge is 0.332 e. The van der Waals surface area contributed by atoms with Crippen LogP contribution in [0.4, 0.5) is 0 Å². The molecule has 0 unspecified atom stereocenters. The maximum atomic E-state index is 11.6. The summed E-state index contributed by atoms with van der Waals surface area (Å²) in [6.45, 7) is 7.02. The number of Topliss-reactive ketones (excluding diaryl/α,β-unsaturated/α-hetero) is 2. The number of rotatable bonds is 2. The first-order valence-corrected chi connectivity index (χ1v) is 4.84. The lowest BCUT2D eigenvalue weighted by molar-refractivity contribution is -0.145. The first-order chi connectivity index (χ1) is 6.87. The normalized spacial score (nSPS) is 21.2. The molecule has 0 aromatic heterocycles. The molecule has 1 amide bonds. The molecule has 0 aromatic carbocycles. The third-order valence-corrected chi connectivity index (χ3v) is 2.46. The van der Waals surface area contributed by atoms with Crippen LogP contribution in [-0.4, -0.2) is 17.5 Å². The molecule has 4 nitrogen and oxygen atoms in total. The van der Waals surface area contributed by atoms with E-state index >= 15 is 0 Å². The molecule has 0 spiro atoms. The SMILES string of the molecule is C=CNC(=O)C1C(=O)CC(C)(C)CC1=O. The Morgan fingerprint density at radius 3 is 2.27 bits per heavy atom. The molecule has 0 radical (unpaired) electrons. The number of hydrogen-bond acceptors (Lipinski definition) is 3. The van der Waals surface area contributed by atoms with Crippen molar-refractivity contribution in [1.29, 1.82) is 0 Å². The fraction of sp³-hybridized carbons (Fsp3) is 0.545. The van der Waals surface area contributed by atoms with Crippen LogP contribution in [0, 0.1) is 11.3 Å². The minimum Gasteiger partial charge on any atom is -0.332 e. The first-order valence-electron chi connectivity index (χ1n) is 4.84. The van der Waals surface area contributed by atoms with Gasteiger partial charge in [-0.2, -0.15) is 0 Å². The Labute approximate surface area is 88.7 Å². The van der Waals surface area contributed by atoms with Gasteiger partial charge in [0.05, 0.1) is 0 Å². The predicted octanol–water partition coefficient (Wildman–Crippen LogP) is 0.820. The molecule has 1 aliphatic rings. The molecule has 0 aliphatic heterocycles. The lowest BCUT2D eigenvalue weighted by Crippen LogP contribution is -2.45. The van der Waals surface area contributed by atoms with Gasteiger partial charge in [-0.05, 0) is 11.6 Å².